The molecule has 0 aromatic heterocycles. The SMILES string of the molecule is NCOBCc1ccc(C(=O)NC2CCCCCC2)c(Cl)c1. The average molecular weight is 323 g/mol. The Hall–Kier alpha value is -1.04. The van der Waals surface area contributed by atoms with E-state index >= 15 is 0 Å². The first kappa shape index (κ1) is 17.3. The van der Waals surface area contributed by atoms with Crippen LogP contribution in [0, 0.1) is 0 Å². The Balaban J connectivity index is 1.94. The van der Waals surface area contributed by atoms with E-state index in [9.17, 15) is 4.79 Å². The van der Waals surface area contributed by atoms with Gasteiger partial charge in [0.2, 0.25) is 0 Å². The number of halogens is 1. The van der Waals surface area contributed by atoms with Gasteiger partial charge in [0.05, 0.1) is 17.3 Å². The molecular weight excluding hydrogens is 298 g/mol. The van der Waals surface area contributed by atoms with Gasteiger partial charge in [-0.1, -0.05) is 48.9 Å². The number of nitrogens with two attached hydrogens (primary N) is 1. The van der Waals surface area contributed by atoms with Crippen molar-refractivity contribution in [3.05, 3.63) is 34.3 Å². The van der Waals surface area contributed by atoms with Gasteiger partial charge in [-0.15, -0.1) is 0 Å². The van der Waals surface area contributed by atoms with Crippen molar-refractivity contribution < 1.29 is 9.45 Å². The van der Waals surface area contributed by atoms with Crippen LogP contribution in [0.5, 0.6) is 0 Å². The number of hydrogen-bond acceptors (Lipinski definition) is 3. The number of hydrogen-bond donors (Lipinski definition) is 2. The minimum atomic E-state index is -0.0679. The van der Waals surface area contributed by atoms with E-state index in [2.05, 4.69) is 5.32 Å². The fourth-order valence-corrected chi connectivity index (χ4v) is 3.15. The summed E-state index contributed by atoms with van der Waals surface area (Å²) in [5.74, 6) is -0.0679. The summed E-state index contributed by atoms with van der Waals surface area (Å²) in [4.78, 5) is 12.4. The molecule has 0 heterocycles. The van der Waals surface area contributed by atoms with E-state index in [-0.39, 0.29) is 18.7 Å². The molecule has 3 N–H and O–H groups in total. The number of carbonyl (C=O) groups excluding carboxylic acids is 1. The standard InChI is InChI=1S/C16H24BClN2O2/c18-15-9-12(10-17-22-11-19)7-8-14(15)16(21)20-13-5-3-1-2-4-6-13/h7-9,13,17H,1-6,10-11,19H2,(H,20,21). The predicted octanol–water partition coefficient (Wildman–Crippen LogP) is 2.58. The number of amides is 1. The first-order valence-electron chi connectivity index (χ1n) is 8.08. The van der Waals surface area contributed by atoms with Crippen LogP contribution in [0.25, 0.3) is 0 Å². The van der Waals surface area contributed by atoms with Crippen molar-refractivity contribution in [2.75, 3.05) is 6.73 Å². The fourth-order valence-electron chi connectivity index (χ4n) is 2.86. The van der Waals surface area contributed by atoms with Crippen molar-refractivity contribution in [3.8, 4) is 0 Å². The van der Waals surface area contributed by atoms with Crippen LogP contribution in [-0.2, 0) is 11.0 Å². The first-order chi connectivity index (χ1) is 10.7. The molecule has 4 nitrogen and oxygen atoms in total. The van der Waals surface area contributed by atoms with Gasteiger partial charge in [-0.3, -0.25) is 4.79 Å². The van der Waals surface area contributed by atoms with Gasteiger partial charge in [0, 0.05) is 6.04 Å². The maximum absolute atomic E-state index is 12.4. The average Bonchev–Trinajstić information content (AvgIpc) is 2.76. The van der Waals surface area contributed by atoms with Gasteiger partial charge >= 0.3 is 0 Å². The lowest BCUT2D eigenvalue weighted by atomic mass is 9.89. The van der Waals surface area contributed by atoms with Gasteiger partial charge < -0.3 is 15.7 Å². The highest BCUT2D eigenvalue weighted by molar-refractivity contribution is 6.34. The second kappa shape index (κ2) is 9.18. The number of carbonyl (C=O) groups is 1. The Kier molecular flexibility index (Phi) is 7.23. The zero-order chi connectivity index (χ0) is 15.8. The molecular formula is C16H24BClN2O2. The minimum Gasteiger partial charge on any atom is -0.427 e. The van der Waals surface area contributed by atoms with E-state index in [4.69, 9.17) is 22.0 Å². The van der Waals surface area contributed by atoms with Crippen molar-refractivity contribution in [1.82, 2.24) is 5.32 Å². The molecule has 0 unspecified atom stereocenters. The van der Waals surface area contributed by atoms with Crippen molar-refractivity contribution in [2.24, 2.45) is 5.73 Å². The largest absolute Gasteiger partial charge is 0.427 e. The predicted molar refractivity (Wildman–Crippen MR) is 91.4 cm³/mol. The van der Waals surface area contributed by atoms with Crippen LogP contribution in [0.2, 0.25) is 5.02 Å². The Morgan fingerprint density at radius 2 is 2.05 bits per heavy atom. The van der Waals surface area contributed by atoms with Gasteiger partial charge in [-0.2, -0.15) is 0 Å². The fraction of sp³-hybridized carbons (Fsp3) is 0.562. The van der Waals surface area contributed by atoms with E-state index in [1.54, 1.807) is 6.07 Å². The lowest BCUT2D eigenvalue weighted by Gasteiger charge is -2.17. The van der Waals surface area contributed by atoms with E-state index in [1.165, 1.54) is 25.7 Å². The maximum atomic E-state index is 12.4. The third-order valence-electron chi connectivity index (χ3n) is 4.12. The Morgan fingerprint density at radius 1 is 1.32 bits per heavy atom. The zero-order valence-electron chi connectivity index (χ0n) is 12.9. The second-order valence-electron chi connectivity index (χ2n) is 5.80. The molecule has 6 heteroatoms. The Bertz CT molecular complexity index is 491. The van der Waals surface area contributed by atoms with Gasteiger partial charge in [0.25, 0.3) is 13.4 Å². The Labute approximate surface area is 138 Å². The monoisotopic (exact) mass is 322 g/mol. The lowest BCUT2D eigenvalue weighted by molar-refractivity contribution is 0.0933. The Morgan fingerprint density at radius 3 is 2.68 bits per heavy atom. The van der Waals surface area contributed by atoms with Crippen molar-refractivity contribution in [3.63, 3.8) is 0 Å². The van der Waals surface area contributed by atoms with Gasteiger partial charge in [0.1, 0.15) is 0 Å². The quantitative estimate of drug-likeness (QED) is 0.366. The molecule has 1 aromatic carbocycles. The topological polar surface area (TPSA) is 64.3 Å². The molecule has 0 spiro atoms. The van der Waals surface area contributed by atoms with Crippen LogP contribution < -0.4 is 11.1 Å². The molecule has 1 fully saturated rings. The summed E-state index contributed by atoms with van der Waals surface area (Å²) in [6, 6.07) is 5.84. The highest BCUT2D eigenvalue weighted by Gasteiger charge is 2.17. The van der Waals surface area contributed by atoms with Gasteiger partial charge in [-0.25, -0.2) is 0 Å². The van der Waals surface area contributed by atoms with E-state index in [1.807, 2.05) is 12.1 Å². The molecule has 1 aliphatic carbocycles. The van der Waals surface area contributed by atoms with E-state index in [0.29, 0.717) is 18.1 Å². The molecule has 1 saturated carbocycles. The number of benzene rings is 1. The molecule has 0 saturated heterocycles. The summed E-state index contributed by atoms with van der Waals surface area (Å²) in [5, 5.41) is 3.62. The van der Waals surface area contributed by atoms with Crippen LogP contribution in [0.15, 0.2) is 18.2 Å². The number of nitrogens with one attached hydrogen (secondary N) is 1. The summed E-state index contributed by atoms with van der Waals surface area (Å²) >= 11 is 6.26. The highest BCUT2D eigenvalue weighted by atomic mass is 35.5. The summed E-state index contributed by atoms with van der Waals surface area (Å²) in [6.07, 6.45) is 7.80. The smallest absolute Gasteiger partial charge is 0.281 e. The zero-order valence-corrected chi connectivity index (χ0v) is 13.7. The molecule has 0 bridgehead atoms. The summed E-state index contributed by atoms with van der Waals surface area (Å²) in [6.45, 7) is 0.218. The van der Waals surface area contributed by atoms with E-state index < -0.39 is 0 Å². The molecule has 1 amide bonds. The van der Waals surface area contributed by atoms with Crippen molar-refractivity contribution in [1.29, 1.82) is 0 Å². The molecule has 2 rings (SSSR count). The highest BCUT2D eigenvalue weighted by Crippen LogP contribution is 2.21. The summed E-state index contributed by atoms with van der Waals surface area (Å²) < 4.78 is 5.12. The third-order valence-corrected chi connectivity index (χ3v) is 4.43. The van der Waals surface area contributed by atoms with Crippen LogP contribution >= 0.6 is 11.6 Å². The van der Waals surface area contributed by atoms with E-state index in [0.717, 1.165) is 24.7 Å². The van der Waals surface area contributed by atoms with Crippen LogP contribution in [0.1, 0.15) is 54.4 Å². The normalized spacial score (nSPS) is 16.1. The van der Waals surface area contributed by atoms with Crippen LogP contribution in [0.4, 0.5) is 0 Å². The summed E-state index contributed by atoms with van der Waals surface area (Å²) in [5.41, 5.74) is 6.88. The minimum absolute atomic E-state index is 0.0679. The maximum Gasteiger partial charge on any atom is 0.281 e. The lowest BCUT2D eigenvalue weighted by Crippen LogP contribution is -2.34. The third kappa shape index (κ3) is 5.31. The molecule has 0 radical (unpaired) electrons. The van der Waals surface area contributed by atoms with Crippen molar-refractivity contribution in [2.45, 2.75) is 50.9 Å². The second-order valence-corrected chi connectivity index (χ2v) is 6.21. The molecule has 0 aliphatic heterocycles. The molecule has 1 aromatic rings. The molecule has 22 heavy (non-hydrogen) atoms. The summed E-state index contributed by atoms with van der Waals surface area (Å²) in [7, 11) is 0.556. The van der Waals surface area contributed by atoms with Crippen LogP contribution in [0.3, 0.4) is 0 Å². The molecule has 0 atom stereocenters. The number of rotatable bonds is 6. The van der Waals surface area contributed by atoms with Crippen LogP contribution in [-0.4, -0.2) is 26.2 Å². The molecule has 120 valence electrons. The molecule has 1 aliphatic rings. The van der Waals surface area contributed by atoms with Gasteiger partial charge in [-0.05, 0) is 31.3 Å². The van der Waals surface area contributed by atoms with Crippen molar-refractivity contribution >= 4 is 25.0 Å². The first-order valence-corrected chi connectivity index (χ1v) is 8.45. The van der Waals surface area contributed by atoms with Gasteiger partial charge in [0.15, 0.2) is 0 Å².